The summed E-state index contributed by atoms with van der Waals surface area (Å²) in [4.78, 5) is 49.6. The number of carbonyl (C=O) groups is 4. The van der Waals surface area contributed by atoms with Gasteiger partial charge in [0, 0.05) is 26.6 Å². The third-order valence-electron chi connectivity index (χ3n) is 3.63. The Bertz CT molecular complexity index is 464. The zero-order valence-corrected chi connectivity index (χ0v) is 11.2. The van der Waals surface area contributed by atoms with Gasteiger partial charge in [0.2, 0.25) is 5.91 Å². The molecule has 2 aliphatic rings. The normalized spacial score (nSPS) is 22.9. The summed E-state index contributed by atoms with van der Waals surface area (Å²) in [6.07, 6.45) is 0.675. The van der Waals surface area contributed by atoms with Crippen molar-refractivity contribution in [3.63, 3.8) is 0 Å². The number of nitrogens with zero attached hydrogens (tertiary/aromatic N) is 3. The lowest BCUT2D eigenvalue weighted by atomic mass is 10.1. The van der Waals surface area contributed by atoms with E-state index in [1.165, 1.54) is 16.8 Å². The molecular formula is C12H17N3O5. The van der Waals surface area contributed by atoms with Crippen LogP contribution in [0.2, 0.25) is 0 Å². The van der Waals surface area contributed by atoms with E-state index < -0.39 is 12.0 Å². The number of aliphatic carboxylic acids is 1. The van der Waals surface area contributed by atoms with Gasteiger partial charge in [-0.1, -0.05) is 0 Å². The monoisotopic (exact) mass is 283 g/mol. The third kappa shape index (κ3) is 2.89. The molecule has 2 heterocycles. The lowest BCUT2D eigenvalue weighted by molar-refractivity contribution is -0.138. The fraction of sp³-hybridized carbons (Fsp3) is 0.667. The summed E-state index contributed by atoms with van der Waals surface area (Å²) in [7, 11) is 1.50. The zero-order valence-electron chi connectivity index (χ0n) is 11.2. The van der Waals surface area contributed by atoms with E-state index in [0.29, 0.717) is 19.5 Å². The second kappa shape index (κ2) is 5.48. The molecule has 8 nitrogen and oxygen atoms in total. The Kier molecular flexibility index (Phi) is 3.91. The summed E-state index contributed by atoms with van der Waals surface area (Å²) in [5.74, 6) is -1.62. The Morgan fingerprint density at radius 2 is 2.05 bits per heavy atom. The van der Waals surface area contributed by atoms with Gasteiger partial charge in [0.25, 0.3) is 5.91 Å². The number of urea groups is 1. The van der Waals surface area contributed by atoms with E-state index in [1.807, 2.05) is 0 Å². The maximum Gasteiger partial charge on any atom is 0.327 e. The number of rotatable bonds is 4. The van der Waals surface area contributed by atoms with Crippen LogP contribution in [0.25, 0.3) is 0 Å². The Morgan fingerprint density at radius 3 is 2.60 bits per heavy atom. The minimum atomic E-state index is -0.879. The maximum absolute atomic E-state index is 12.0. The molecule has 2 fully saturated rings. The molecule has 1 atom stereocenters. The van der Waals surface area contributed by atoms with Crippen LogP contribution in [0.15, 0.2) is 0 Å². The van der Waals surface area contributed by atoms with Crippen LogP contribution < -0.4 is 0 Å². The molecule has 110 valence electrons. The Hall–Kier alpha value is -2.12. The number of imide groups is 1. The summed E-state index contributed by atoms with van der Waals surface area (Å²) < 4.78 is 0. The number of likely N-dealkylation sites (tertiary alicyclic amines) is 1. The van der Waals surface area contributed by atoms with Crippen molar-refractivity contribution < 1.29 is 24.3 Å². The number of likely N-dealkylation sites (N-methyl/N-ethyl adjacent to an activating group) is 1. The van der Waals surface area contributed by atoms with E-state index >= 15 is 0 Å². The van der Waals surface area contributed by atoms with Crippen molar-refractivity contribution >= 4 is 23.8 Å². The molecule has 0 aliphatic carbocycles. The summed E-state index contributed by atoms with van der Waals surface area (Å²) in [6, 6.07) is -0.468. The molecular weight excluding hydrogens is 266 g/mol. The molecule has 0 radical (unpaired) electrons. The number of hydrogen-bond acceptors (Lipinski definition) is 4. The first kappa shape index (κ1) is 14.3. The second-order valence-corrected chi connectivity index (χ2v) is 5.21. The number of carbonyl (C=O) groups excluding carboxylic acids is 3. The van der Waals surface area contributed by atoms with Crippen LogP contribution in [0.1, 0.15) is 12.8 Å². The molecule has 4 amide bonds. The van der Waals surface area contributed by atoms with Gasteiger partial charge < -0.3 is 14.9 Å². The predicted molar refractivity (Wildman–Crippen MR) is 66.7 cm³/mol. The van der Waals surface area contributed by atoms with Crippen LogP contribution in [-0.2, 0) is 14.4 Å². The molecule has 1 N–H and O–H groups in total. The largest absolute Gasteiger partial charge is 0.481 e. The van der Waals surface area contributed by atoms with Crippen molar-refractivity contribution in [3.8, 4) is 0 Å². The molecule has 20 heavy (non-hydrogen) atoms. The first-order valence-corrected chi connectivity index (χ1v) is 6.43. The van der Waals surface area contributed by atoms with Gasteiger partial charge in [0.1, 0.15) is 13.1 Å². The van der Waals surface area contributed by atoms with Gasteiger partial charge in [-0.15, -0.1) is 0 Å². The van der Waals surface area contributed by atoms with Gasteiger partial charge in [0.05, 0.1) is 0 Å². The van der Waals surface area contributed by atoms with Crippen molar-refractivity contribution in [2.45, 2.75) is 12.8 Å². The van der Waals surface area contributed by atoms with E-state index in [0.717, 1.165) is 4.90 Å². The highest BCUT2D eigenvalue weighted by atomic mass is 16.4. The molecule has 2 aliphatic heterocycles. The number of carboxylic acids is 1. The van der Waals surface area contributed by atoms with Crippen LogP contribution >= 0.6 is 0 Å². The van der Waals surface area contributed by atoms with Crippen molar-refractivity contribution in [2.75, 3.05) is 33.2 Å². The molecule has 0 spiro atoms. The van der Waals surface area contributed by atoms with E-state index in [4.69, 9.17) is 5.11 Å². The van der Waals surface area contributed by atoms with E-state index in [-0.39, 0.29) is 37.2 Å². The Labute approximate surface area is 115 Å². The minimum Gasteiger partial charge on any atom is -0.481 e. The lowest BCUT2D eigenvalue weighted by Crippen LogP contribution is -2.42. The number of hydrogen-bond donors (Lipinski definition) is 1. The molecule has 2 rings (SSSR count). The quantitative estimate of drug-likeness (QED) is 0.681. The van der Waals surface area contributed by atoms with Gasteiger partial charge in [-0.25, -0.2) is 4.79 Å². The SMILES string of the molecule is CN1CC(=O)N(CC(=O)N2CCC(CC(=O)O)C2)C1=O. The average Bonchev–Trinajstić information content (AvgIpc) is 2.89. The number of carboxylic acid groups (broad SMARTS) is 1. The van der Waals surface area contributed by atoms with Crippen LogP contribution in [-0.4, -0.2) is 76.8 Å². The van der Waals surface area contributed by atoms with Crippen molar-refractivity contribution in [2.24, 2.45) is 5.92 Å². The first-order valence-electron chi connectivity index (χ1n) is 6.43. The molecule has 0 aromatic rings. The topological polar surface area (TPSA) is 98.2 Å². The molecule has 8 heteroatoms. The van der Waals surface area contributed by atoms with E-state index in [1.54, 1.807) is 0 Å². The highest BCUT2D eigenvalue weighted by molar-refractivity contribution is 6.04. The molecule has 0 aromatic heterocycles. The number of amides is 4. The Morgan fingerprint density at radius 1 is 1.35 bits per heavy atom. The first-order chi connectivity index (χ1) is 9.38. The van der Waals surface area contributed by atoms with Crippen molar-refractivity contribution in [1.29, 1.82) is 0 Å². The highest BCUT2D eigenvalue weighted by Crippen LogP contribution is 2.20. The fourth-order valence-corrected chi connectivity index (χ4v) is 2.53. The fourth-order valence-electron chi connectivity index (χ4n) is 2.53. The highest BCUT2D eigenvalue weighted by Gasteiger charge is 2.37. The molecule has 0 bridgehead atoms. The van der Waals surface area contributed by atoms with Gasteiger partial charge in [-0.3, -0.25) is 19.3 Å². The molecule has 0 aromatic carbocycles. The van der Waals surface area contributed by atoms with Crippen LogP contribution in [0.3, 0.4) is 0 Å². The third-order valence-corrected chi connectivity index (χ3v) is 3.63. The van der Waals surface area contributed by atoms with Crippen molar-refractivity contribution in [1.82, 2.24) is 14.7 Å². The minimum absolute atomic E-state index is 0.00620. The van der Waals surface area contributed by atoms with Crippen LogP contribution in [0.4, 0.5) is 4.79 Å². The summed E-state index contributed by atoms with van der Waals surface area (Å²) >= 11 is 0. The lowest BCUT2D eigenvalue weighted by Gasteiger charge is -2.20. The van der Waals surface area contributed by atoms with Crippen LogP contribution in [0, 0.1) is 5.92 Å². The van der Waals surface area contributed by atoms with Gasteiger partial charge in [-0.2, -0.15) is 0 Å². The molecule has 2 saturated heterocycles. The van der Waals surface area contributed by atoms with Gasteiger partial charge in [0.15, 0.2) is 0 Å². The zero-order chi connectivity index (χ0) is 14.9. The van der Waals surface area contributed by atoms with Crippen molar-refractivity contribution in [3.05, 3.63) is 0 Å². The summed E-state index contributed by atoms with van der Waals surface area (Å²) in [5, 5.41) is 8.72. The predicted octanol–water partition coefficient (Wildman–Crippen LogP) is -0.796. The van der Waals surface area contributed by atoms with Gasteiger partial charge >= 0.3 is 12.0 Å². The molecule has 0 saturated carbocycles. The van der Waals surface area contributed by atoms with Crippen LogP contribution in [0.5, 0.6) is 0 Å². The Balaban J connectivity index is 1.89. The standard InChI is InChI=1S/C12H17N3O5/c1-13-6-10(17)15(12(13)20)7-9(16)14-3-2-8(5-14)4-11(18)19/h8H,2-7H2,1H3,(H,18,19). The smallest absolute Gasteiger partial charge is 0.327 e. The summed E-state index contributed by atoms with van der Waals surface area (Å²) in [5.41, 5.74) is 0. The second-order valence-electron chi connectivity index (χ2n) is 5.21. The van der Waals surface area contributed by atoms with E-state index in [9.17, 15) is 19.2 Å². The van der Waals surface area contributed by atoms with Gasteiger partial charge in [-0.05, 0) is 12.3 Å². The average molecular weight is 283 g/mol. The maximum atomic E-state index is 12.0. The molecule has 1 unspecified atom stereocenters. The summed E-state index contributed by atoms with van der Waals surface area (Å²) in [6.45, 7) is 0.579. The van der Waals surface area contributed by atoms with E-state index in [2.05, 4.69) is 0 Å².